The van der Waals surface area contributed by atoms with E-state index < -0.39 is 0 Å². The summed E-state index contributed by atoms with van der Waals surface area (Å²) in [4.78, 5) is 4.74. The molecule has 4 atom stereocenters. The van der Waals surface area contributed by atoms with E-state index in [1.165, 1.54) is 24.8 Å². The molecule has 3 fully saturated rings. The molecule has 1 aromatic heterocycles. The zero-order valence-corrected chi connectivity index (χ0v) is 12.9. The molecule has 3 aliphatic carbocycles. The normalized spacial score (nSPS) is 36.2. The fourth-order valence-electron chi connectivity index (χ4n) is 5.30. The fourth-order valence-corrected chi connectivity index (χ4v) is 5.49. The Morgan fingerprint density at radius 3 is 2.71 bits per heavy atom. The molecule has 0 N–H and O–H groups in total. The van der Waals surface area contributed by atoms with Crippen LogP contribution in [0.1, 0.15) is 31.1 Å². The molecule has 0 aliphatic heterocycles. The Hall–Kier alpha value is -1.22. The van der Waals surface area contributed by atoms with E-state index in [0.29, 0.717) is 11.9 Å². The predicted octanol–water partition coefficient (Wildman–Crippen LogP) is 4.00. The molecule has 1 aromatic carbocycles. The predicted molar refractivity (Wildman–Crippen MR) is 82.7 cm³/mol. The van der Waals surface area contributed by atoms with E-state index in [9.17, 15) is 0 Å². The summed E-state index contributed by atoms with van der Waals surface area (Å²) in [6, 6.07) is 6.79. The maximum absolute atomic E-state index is 6.18. The maximum atomic E-state index is 6.18. The molecule has 3 saturated carbocycles. The van der Waals surface area contributed by atoms with E-state index >= 15 is 0 Å². The highest BCUT2D eigenvalue weighted by Crippen LogP contribution is 2.72. The van der Waals surface area contributed by atoms with Crippen molar-refractivity contribution >= 4 is 22.6 Å². The van der Waals surface area contributed by atoms with Crippen LogP contribution in [-0.4, -0.2) is 16.7 Å². The molecule has 0 saturated heterocycles. The lowest BCUT2D eigenvalue weighted by Gasteiger charge is -2.13. The molecule has 1 heterocycles. The van der Waals surface area contributed by atoms with Crippen LogP contribution >= 0.6 is 11.6 Å². The van der Waals surface area contributed by atoms with E-state index in [1.807, 2.05) is 12.1 Å². The van der Waals surface area contributed by atoms with Gasteiger partial charge in [0.2, 0.25) is 0 Å². The van der Waals surface area contributed by atoms with Gasteiger partial charge in [0.1, 0.15) is 11.6 Å². The number of halogens is 1. The highest BCUT2D eigenvalue weighted by Gasteiger charge is 2.66. The number of imidazole rings is 1. The van der Waals surface area contributed by atoms with E-state index in [-0.39, 0.29) is 0 Å². The first-order valence-electron chi connectivity index (χ1n) is 7.92. The highest BCUT2D eigenvalue weighted by atomic mass is 35.5. The Morgan fingerprint density at radius 1 is 1.29 bits per heavy atom. The van der Waals surface area contributed by atoms with Gasteiger partial charge in [0.25, 0.3) is 0 Å². The van der Waals surface area contributed by atoms with Crippen LogP contribution in [-0.2, 0) is 5.88 Å². The molecule has 21 heavy (non-hydrogen) atoms. The minimum Gasteiger partial charge on any atom is -0.497 e. The van der Waals surface area contributed by atoms with Crippen LogP contribution in [0.2, 0.25) is 0 Å². The largest absolute Gasteiger partial charge is 0.497 e. The molecule has 0 radical (unpaired) electrons. The molecule has 5 rings (SSSR count). The molecule has 3 aliphatic rings. The molecule has 110 valence electrons. The average molecular weight is 303 g/mol. The zero-order valence-electron chi connectivity index (χ0n) is 12.1. The van der Waals surface area contributed by atoms with Crippen molar-refractivity contribution in [3.8, 4) is 5.75 Å². The fraction of sp³-hybridized carbons (Fsp3) is 0.588. The molecule has 0 amide bonds. The molecule has 0 spiro atoms. The molecule has 2 aromatic rings. The van der Waals surface area contributed by atoms with Crippen molar-refractivity contribution in [2.45, 2.75) is 31.2 Å². The van der Waals surface area contributed by atoms with Gasteiger partial charge in [-0.2, -0.15) is 0 Å². The first kappa shape index (κ1) is 12.3. The molecule has 4 heteroatoms. The zero-order chi connectivity index (χ0) is 14.1. The number of benzene rings is 1. The first-order valence-corrected chi connectivity index (χ1v) is 8.46. The number of methoxy groups -OCH3 is 1. The van der Waals surface area contributed by atoms with E-state index in [1.54, 1.807) is 7.11 Å². The summed E-state index contributed by atoms with van der Waals surface area (Å²) in [5.41, 5.74) is 2.24. The average Bonchev–Trinajstić information content (AvgIpc) is 2.89. The first-order chi connectivity index (χ1) is 10.3. The van der Waals surface area contributed by atoms with Gasteiger partial charge in [0.05, 0.1) is 24.0 Å². The number of aromatic nitrogens is 2. The lowest BCUT2D eigenvalue weighted by molar-refractivity contribution is 0.414. The van der Waals surface area contributed by atoms with Gasteiger partial charge in [-0.05, 0) is 55.1 Å². The minimum absolute atomic E-state index is 0.488. The van der Waals surface area contributed by atoms with Gasteiger partial charge in [-0.15, -0.1) is 11.6 Å². The monoisotopic (exact) mass is 302 g/mol. The summed E-state index contributed by atoms with van der Waals surface area (Å²) in [6.45, 7) is 0. The second-order valence-corrected chi connectivity index (χ2v) is 7.13. The van der Waals surface area contributed by atoms with Gasteiger partial charge in [-0.1, -0.05) is 0 Å². The second-order valence-electron chi connectivity index (χ2n) is 6.86. The summed E-state index contributed by atoms with van der Waals surface area (Å²) in [6.07, 6.45) is 4.35. The van der Waals surface area contributed by atoms with E-state index in [2.05, 4.69) is 10.6 Å². The highest BCUT2D eigenvalue weighted by molar-refractivity contribution is 6.16. The van der Waals surface area contributed by atoms with Crippen molar-refractivity contribution in [3.63, 3.8) is 0 Å². The van der Waals surface area contributed by atoms with Gasteiger partial charge >= 0.3 is 0 Å². The van der Waals surface area contributed by atoms with Crippen LogP contribution in [0.25, 0.3) is 11.0 Å². The number of fused-ring (bicyclic) bond motifs is 6. The van der Waals surface area contributed by atoms with E-state index in [4.69, 9.17) is 21.3 Å². The number of hydrogen-bond donors (Lipinski definition) is 0. The van der Waals surface area contributed by atoms with Crippen molar-refractivity contribution in [1.29, 1.82) is 0 Å². The van der Waals surface area contributed by atoms with E-state index in [0.717, 1.165) is 40.8 Å². The lowest BCUT2D eigenvalue weighted by atomic mass is 10.0. The van der Waals surface area contributed by atoms with Crippen molar-refractivity contribution in [3.05, 3.63) is 24.0 Å². The quantitative estimate of drug-likeness (QED) is 0.801. The summed E-state index contributed by atoms with van der Waals surface area (Å²) in [7, 11) is 1.72. The van der Waals surface area contributed by atoms with Crippen molar-refractivity contribution in [1.82, 2.24) is 9.55 Å². The minimum atomic E-state index is 0.488. The summed E-state index contributed by atoms with van der Waals surface area (Å²) in [5.74, 6) is 6.09. The summed E-state index contributed by atoms with van der Waals surface area (Å²) < 4.78 is 7.83. The third kappa shape index (κ3) is 1.53. The molecule has 2 bridgehead atoms. The van der Waals surface area contributed by atoms with Gasteiger partial charge in [-0.25, -0.2) is 4.98 Å². The van der Waals surface area contributed by atoms with Crippen LogP contribution in [0.15, 0.2) is 18.2 Å². The van der Waals surface area contributed by atoms with Crippen molar-refractivity contribution < 1.29 is 4.74 Å². The molecular weight excluding hydrogens is 284 g/mol. The number of alkyl halides is 1. The number of rotatable bonds is 3. The van der Waals surface area contributed by atoms with Gasteiger partial charge in [-0.3, -0.25) is 0 Å². The van der Waals surface area contributed by atoms with Crippen LogP contribution in [0.5, 0.6) is 5.75 Å². The topological polar surface area (TPSA) is 27.1 Å². The summed E-state index contributed by atoms with van der Waals surface area (Å²) in [5, 5.41) is 0. The maximum Gasteiger partial charge on any atom is 0.125 e. The SMILES string of the molecule is COc1ccc2nc(CCl)n(C3C4C5CCC(C5)C43)c2c1. The van der Waals surface area contributed by atoms with Crippen LogP contribution < -0.4 is 4.74 Å². The Kier molecular flexibility index (Phi) is 2.44. The second kappa shape index (κ2) is 4.16. The van der Waals surface area contributed by atoms with Crippen molar-refractivity contribution in [2.75, 3.05) is 7.11 Å². The molecule has 3 nitrogen and oxygen atoms in total. The lowest BCUT2D eigenvalue weighted by Crippen LogP contribution is -2.07. The number of nitrogens with zero attached hydrogens (tertiary/aromatic N) is 2. The van der Waals surface area contributed by atoms with Gasteiger partial charge in [0.15, 0.2) is 0 Å². The van der Waals surface area contributed by atoms with Crippen LogP contribution in [0.4, 0.5) is 0 Å². The Bertz CT molecular complexity index is 709. The smallest absolute Gasteiger partial charge is 0.125 e. The molecule has 4 unspecified atom stereocenters. The van der Waals surface area contributed by atoms with Crippen molar-refractivity contribution in [2.24, 2.45) is 23.7 Å². The molecular formula is C17H19ClN2O. The summed E-state index contributed by atoms with van der Waals surface area (Å²) >= 11 is 6.18. The Labute approximate surface area is 129 Å². The van der Waals surface area contributed by atoms with Crippen LogP contribution in [0.3, 0.4) is 0 Å². The Morgan fingerprint density at radius 2 is 2.05 bits per heavy atom. The van der Waals surface area contributed by atoms with Gasteiger partial charge in [0, 0.05) is 12.1 Å². The third-order valence-electron chi connectivity index (χ3n) is 6.08. The third-order valence-corrected chi connectivity index (χ3v) is 6.32. The Balaban J connectivity index is 1.65. The number of hydrogen-bond acceptors (Lipinski definition) is 2. The standard InChI is InChI=1S/C17H19ClN2O/c1-21-11-4-5-12-13(7-11)20(14(8-18)19-12)17-15-9-2-3-10(6-9)16(15)17/h4-5,7,9-10,15-17H,2-3,6,8H2,1H3. The van der Waals surface area contributed by atoms with Gasteiger partial charge < -0.3 is 9.30 Å². The van der Waals surface area contributed by atoms with Crippen LogP contribution in [0, 0.1) is 23.7 Å². The number of ether oxygens (including phenoxy) is 1.